The van der Waals surface area contributed by atoms with Crippen molar-refractivity contribution in [3.05, 3.63) is 11.6 Å². The van der Waals surface area contributed by atoms with Gasteiger partial charge in [0.05, 0.1) is 0 Å². The van der Waals surface area contributed by atoms with Crippen molar-refractivity contribution in [1.82, 2.24) is 0 Å². The first-order valence-corrected chi connectivity index (χ1v) is 5.18. The Morgan fingerprint density at radius 3 is 2.44 bits per heavy atom. The Morgan fingerprint density at radius 1 is 1.44 bits per heavy atom. The Bertz CT molecular complexity index is 349. The largest absolute Gasteiger partial charge is 0.455 e. The molecular formula is C10H13F5N2O. The van der Waals surface area contributed by atoms with E-state index in [1.165, 1.54) is 6.21 Å². The molecule has 1 aliphatic rings. The second kappa shape index (κ2) is 5.31. The van der Waals surface area contributed by atoms with Crippen LogP contribution in [0.1, 0.15) is 13.3 Å². The van der Waals surface area contributed by atoms with Crippen LogP contribution in [0.3, 0.4) is 0 Å². The molecule has 1 rings (SSSR count). The predicted molar refractivity (Wildman–Crippen MR) is 55.6 cm³/mol. The molecule has 0 aromatic rings. The topological polar surface area (TPSA) is 47.6 Å². The number of hydrogen-bond donors (Lipinski definition) is 1. The third-order valence-corrected chi connectivity index (χ3v) is 2.34. The molecule has 0 aromatic heterocycles. The molecule has 0 aliphatic carbocycles. The van der Waals surface area contributed by atoms with Crippen LogP contribution in [0.25, 0.3) is 0 Å². The SMILES string of the molecule is CC(N)C1=CCC(OCC(F)(F)C(F)(F)F)N=C1. The average molecular weight is 272 g/mol. The summed E-state index contributed by atoms with van der Waals surface area (Å²) in [4.78, 5) is 3.72. The summed E-state index contributed by atoms with van der Waals surface area (Å²) in [5.74, 6) is -4.87. The maximum atomic E-state index is 12.6. The number of ether oxygens (including phenoxy) is 1. The minimum absolute atomic E-state index is 0.126. The second-order valence-electron chi connectivity index (χ2n) is 3.97. The van der Waals surface area contributed by atoms with Gasteiger partial charge in [0.15, 0.2) is 6.23 Å². The smallest absolute Gasteiger partial charge is 0.350 e. The van der Waals surface area contributed by atoms with Gasteiger partial charge in [-0.3, -0.25) is 4.99 Å². The van der Waals surface area contributed by atoms with Crippen molar-refractivity contribution in [2.75, 3.05) is 6.61 Å². The number of halogens is 5. The molecule has 2 N–H and O–H groups in total. The first-order chi connectivity index (χ1) is 8.13. The number of dihydropyridines is 1. The predicted octanol–water partition coefficient (Wildman–Crippen LogP) is 2.27. The van der Waals surface area contributed by atoms with Crippen molar-refractivity contribution in [2.24, 2.45) is 10.7 Å². The van der Waals surface area contributed by atoms with Crippen molar-refractivity contribution in [3.63, 3.8) is 0 Å². The molecule has 2 atom stereocenters. The Kier molecular flexibility index (Phi) is 4.44. The van der Waals surface area contributed by atoms with Gasteiger partial charge in [0, 0.05) is 18.7 Å². The minimum atomic E-state index is -5.61. The fraction of sp³-hybridized carbons (Fsp3) is 0.700. The molecule has 0 fully saturated rings. The number of nitrogens with zero attached hydrogens (tertiary/aromatic N) is 1. The number of alkyl halides is 5. The van der Waals surface area contributed by atoms with Crippen molar-refractivity contribution in [1.29, 1.82) is 0 Å². The maximum absolute atomic E-state index is 12.6. The van der Waals surface area contributed by atoms with Crippen LogP contribution in [0, 0.1) is 0 Å². The lowest BCUT2D eigenvalue weighted by Gasteiger charge is -2.23. The Morgan fingerprint density at radius 2 is 2.06 bits per heavy atom. The highest BCUT2D eigenvalue weighted by atomic mass is 19.4. The van der Waals surface area contributed by atoms with Crippen molar-refractivity contribution < 1.29 is 26.7 Å². The van der Waals surface area contributed by atoms with Crippen LogP contribution in [0.5, 0.6) is 0 Å². The summed E-state index contributed by atoms with van der Waals surface area (Å²) >= 11 is 0. The molecule has 1 heterocycles. The van der Waals surface area contributed by atoms with Crippen LogP contribution < -0.4 is 5.73 Å². The van der Waals surface area contributed by atoms with E-state index in [1.54, 1.807) is 13.0 Å². The summed E-state index contributed by atoms with van der Waals surface area (Å²) in [6.45, 7) is -0.0311. The van der Waals surface area contributed by atoms with Crippen LogP contribution in [-0.2, 0) is 4.74 Å². The van der Waals surface area contributed by atoms with Gasteiger partial charge in [-0.2, -0.15) is 22.0 Å². The maximum Gasteiger partial charge on any atom is 0.455 e. The van der Waals surface area contributed by atoms with Gasteiger partial charge in [-0.25, -0.2) is 0 Å². The minimum Gasteiger partial charge on any atom is -0.350 e. The van der Waals surface area contributed by atoms with Crippen LogP contribution in [0.4, 0.5) is 22.0 Å². The molecule has 3 nitrogen and oxygen atoms in total. The van der Waals surface area contributed by atoms with E-state index >= 15 is 0 Å². The van der Waals surface area contributed by atoms with E-state index in [1.807, 2.05) is 0 Å². The van der Waals surface area contributed by atoms with Crippen LogP contribution in [0.2, 0.25) is 0 Å². The van der Waals surface area contributed by atoms with E-state index in [0.717, 1.165) is 0 Å². The lowest BCUT2D eigenvalue weighted by Crippen LogP contribution is -2.41. The van der Waals surface area contributed by atoms with Crippen molar-refractivity contribution in [2.45, 2.75) is 37.7 Å². The number of nitrogens with two attached hydrogens (primary N) is 1. The van der Waals surface area contributed by atoms with Gasteiger partial charge in [0.1, 0.15) is 6.61 Å². The third-order valence-electron chi connectivity index (χ3n) is 2.34. The molecule has 0 aromatic carbocycles. The Hall–Kier alpha value is -1.02. The number of hydrogen-bond acceptors (Lipinski definition) is 3. The molecule has 104 valence electrons. The molecule has 18 heavy (non-hydrogen) atoms. The van der Waals surface area contributed by atoms with E-state index in [9.17, 15) is 22.0 Å². The standard InChI is InChI=1S/C10H13F5N2O/c1-6(16)7-2-3-8(17-4-7)18-5-9(11,12)10(13,14)15/h2,4,6,8H,3,5,16H2,1H3. The summed E-state index contributed by atoms with van der Waals surface area (Å²) in [5.41, 5.74) is 6.24. The first-order valence-electron chi connectivity index (χ1n) is 5.18. The Balaban J connectivity index is 2.47. The molecule has 0 bridgehead atoms. The highest BCUT2D eigenvalue weighted by Crippen LogP contribution is 2.35. The highest BCUT2D eigenvalue weighted by Gasteiger charge is 2.57. The molecular weight excluding hydrogens is 259 g/mol. The fourth-order valence-electron chi connectivity index (χ4n) is 1.22. The summed E-state index contributed by atoms with van der Waals surface area (Å²) in [5, 5.41) is 0. The zero-order valence-electron chi connectivity index (χ0n) is 9.55. The lowest BCUT2D eigenvalue weighted by atomic mass is 10.1. The van der Waals surface area contributed by atoms with Crippen molar-refractivity contribution in [3.8, 4) is 0 Å². The van der Waals surface area contributed by atoms with Gasteiger partial charge in [-0.1, -0.05) is 6.08 Å². The number of aliphatic imine (C=N–C) groups is 1. The Labute approximate surface area is 101 Å². The van der Waals surface area contributed by atoms with Crippen LogP contribution in [-0.4, -0.2) is 37.2 Å². The lowest BCUT2D eigenvalue weighted by molar-refractivity contribution is -0.299. The summed E-state index contributed by atoms with van der Waals surface area (Å²) in [6, 6.07) is -0.272. The van der Waals surface area contributed by atoms with Gasteiger partial charge < -0.3 is 10.5 Å². The molecule has 0 amide bonds. The van der Waals surface area contributed by atoms with Crippen molar-refractivity contribution >= 4 is 6.21 Å². The van der Waals surface area contributed by atoms with Gasteiger partial charge in [0.25, 0.3) is 0 Å². The zero-order chi connectivity index (χ0) is 14.0. The summed E-state index contributed by atoms with van der Waals surface area (Å²) < 4.78 is 65.1. The fourth-order valence-corrected chi connectivity index (χ4v) is 1.22. The average Bonchev–Trinajstić information content (AvgIpc) is 2.25. The summed E-state index contributed by atoms with van der Waals surface area (Å²) in [6.07, 6.45) is -3.58. The molecule has 1 aliphatic heterocycles. The monoisotopic (exact) mass is 272 g/mol. The van der Waals surface area contributed by atoms with E-state index in [2.05, 4.69) is 9.73 Å². The van der Waals surface area contributed by atoms with Crippen LogP contribution in [0.15, 0.2) is 16.6 Å². The first kappa shape index (κ1) is 15.0. The second-order valence-corrected chi connectivity index (χ2v) is 3.97. The highest BCUT2D eigenvalue weighted by molar-refractivity contribution is 5.80. The van der Waals surface area contributed by atoms with Crippen LogP contribution >= 0.6 is 0 Å². The van der Waals surface area contributed by atoms with E-state index in [4.69, 9.17) is 5.73 Å². The zero-order valence-corrected chi connectivity index (χ0v) is 9.55. The van der Waals surface area contributed by atoms with E-state index in [0.29, 0.717) is 5.57 Å². The molecule has 0 saturated heterocycles. The quantitative estimate of drug-likeness (QED) is 0.798. The third kappa shape index (κ3) is 3.74. The number of rotatable bonds is 4. The molecule has 0 saturated carbocycles. The molecule has 2 unspecified atom stereocenters. The summed E-state index contributed by atoms with van der Waals surface area (Å²) in [7, 11) is 0. The van der Waals surface area contributed by atoms with Gasteiger partial charge in [0.2, 0.25) is 0 Å². The normalized spacial score (nSPS) is 22.8. The van der Waals surface area contributed by atoms with Gasteiger partial charge in [-0.15, -0.1) is 0 Å². The van der Waals surface area contributed by atoms with E-state index in [-0.39, 0.29) is 12.5 Å². The van der Waals surface area contributed by atoms with E-state index < -0.39 is 24.9 Å². The van der Waals surface area contributed by atoms with Gasteiger partial charge in [-0.05, 0) is 12.5 Å². The van der Waals surface area contributed by atoms with Gasteiger partial charge >= 0.3 is 12.1 Å². The molecule has 8 heteroatoms. The molecule has 0 radical (unpaired) electrons. The molecule has 0 spiro atoms.